The number of carbonyl (C=O) groups is 1. The summed E-state index contributed by atoms with van der Waals surface area (Å²) < 4.78 is 1.01. The molecular weight excluding hydrogens is 292 g/mol. The molecule has 1 fully saturated rings. The molecule has 0 bridgehead atoms. The van der Waals surface area contributed by atoms with Gasteiger partial charge in [0, 0.05) is 22.6 Å². The molecule has 1 aliphatic heterocycles. The van der Waals surface area contributed by atoms with Crippen molar-refractivity contribution in [3.63, 3.8) is 0 Å². The molecule has 1 aromatic rings. The molecule has 0 saturated carbocycles. The summed E-state index contributed by atoms with van der Waals surface area (Å²) in [5.41, 5.74) is 1.77. The molecule has 1 heterocycles. The number of hydrogen-bond donors (Lipinski definition) is 2. The van der Waals surface area contributed by atoms with E-state index in [0.29, 0.717) is 0 Å². The molecular formula is C14H19BrN2O. The first-order chi connectivity index (χ1) is 8.66. The summed E-state index contributed by atoms with van der Waals surface area (Å²) in [5, 5.41) is 6.47. The SMILES string of the molecule is Cc1cc(Br)ccc1C(=O)NC1CCCCNC1. The van der Waals surface area contributed by atoms with Crippen molar-refractivity contribution in [2.45, 2.75) is 32.2 Å². The van der Waals surface area contributed by atoms with E-state index in [1.807, 2.05) is 25.1 Å². The van der Waals surface area contributed by atoms with E-state index >= 15 is 0 Å². The largest absolute Gasteiger partial charge is 0.348 e. The molecule has 0 aromatic heterocycles. The third kappa shape index (κ3) is 3.56. The highest BCUT2D eigenvalue weighted by Gasteiger charge is 2.16. The molecule has 0 spiro atoms. The van der Waals surface area contributed by atoms with Crippen LogP contribution in [-0.4, -0.2) is 25.0 Å². The van der Waals surface area contributed by atoms with E-state index in [0.717, 1.165) is 35.1 Å². The van der Waals surface area contributed by atoms with Gasteiger partial charge in [0.2, 0.25) is 0 Å². The van der Waals surface area contributed by atoms with Gasteiger partial charge in [0.25, 0.3) is 5.91 Å². The van der Waals surface area contributed by atoms with Gasteiger partial charge in [-0.2, -0.15) is 0 Å². The van der Waals surface area contributed by atoms with E-state index < -0.39 is 0 Å². The van der Waals surface area contributed by atoms with Crippen molar-refractivity contribution in [2.75, 3.05) is 13.1 Å². The topological polar surface area (TPSA) is 41.1 Å². The molecule has 98 valence electrons. The molecule has 1 atom stereocenters. The minimum absolute atomic E-state index is 0.0358. The van der Waals surface area contributed by atoms with Gasteiger partial charge in [-0.05, 0) is 50.1 Å². The minimum Gasteiger partial charge on any atom is -0.348 e. The summed E-state index contributed by atoms with van der Waals surface area (Å²) >= 11 is 3.41. The number of benzene rings is 1. The predicted octanol–water partition coefficient (Wildman–Crippen LogP) is 2.63. The zero-order valence-corrected chi connectivity index (χ0v) is 12.2. The van der Waals surface area contributed by atoms with Crippen LogP contribution in [0.2, 0.25) is 0 Å². The highest BCUT2D eigenvalue weighted by Crippen LogP contribution is 2.16. The van der Waals surface area contributed by atoms with Gasteiger partial charge in [0.05, 0.1) is 0 Å². The van der Waals surface area contributed by atoms with Gasteiger partial charge in [-0.3, -0.25) is 4.79 Å². The van der Waals surface area contributed by atoms with Crippen LogP contribution < -0.4 is 10.6 Å². The maximum absolute atomic E-state index is 12.2. The van der Waals surface area contributed by atoms with Crippen molar-refractivity contribution in [3.05, 3.63) is 33.8 Å². The Morgan fingerprint density at radius 1 is 1.44 bits per heavy atom. The lowest BCUT2D eigenvalue weighted by molar-refractivity contribution is 0.0935. The lowest BCUT2D eigenvalue weighted by atomic mass is 10.1. The third-order valence-electron chi connectivity index (χ3n) is 3.32. The van der Waals surface area contributed by atoms with Crippen LogP contribution in [0, 0.1) is 6.92 Å². The van der Waals surface area contributed by atoms with Crippen LogP contribution in [0.4, 0.5) is 0 Å². The monoisotopic (exact) mass is 310 g/mol. The smallest absolute Gasteiger partial charge is 0.251 e. The second kappa shape index (κ2) is 6.34. The molecule has 4 heteroatoms. The summed E-state index contributed by atoms with van der Waals surface area (Å²) in [7, 11) is 0. The summed E-state index contributed by atoms with van der Waals surface area (Å²) in [6, 6.07) is 6.01. The van der Waals surface area contributed by atoms with Crippen molar-refractivity contribution in [3.8, 4) is 0 Å². The predicted molar refractivity (Wildman–Crippen MR) is 76.9 cm³/mol. The van der Waals surface area contributed by atoms with Crippen LogP contribution in [0.3, 0.4) is 0 Å². The Hall–Kier alpha value is -0.870. The van der Waals surface area contributed by atoms with Gasteiger partial charge in [0.1, 0.15) is 0 Å². The molecule has 3 nitrogen and oxygen atoms in total. The Morgan fingerprint density at radius 3 is 3.06 bits per heavy atom. The number of amides is 1. The molecule has 1 unspecified atom stereocenters. The van der Waals surface area contributed by atoms with Crippen molar-refractivity contribution in [1.29, 1.82) is 0 Å². The maximum Gasteiger partial charge on any atom is 0.251 e. The molecule has 1 amide bonds. The molecule has 1 aliphatic rings. The van der Waals surface area contributed by atoms with Crippen LogP contribution >= 0.6 is 15.9 Å². The van der Waals surface area contributed by atoms with Crippen LogP contribution in [0.15, 0.2) is 22.7 Å². The lowest BCUT2D eigenvalue weighted by Crippen LogP contribution is -2.41. The average molecular weight is 311 g/mol. The number of halogens is 1. The Morgan fingerprint density at radius 2 is 2.28 bits per heavy atom. The minimum atomic E-state index is 0.0358. The van der Waals surface area contributed by atoms with Gasteiger partial charge in [0.15, 0.2) is 0 Å². The summed E-state index contributed by atoms with van der Waals surface area (Å²) in [5.74, 6) is 0.0358. The first-order valence-electron chi connectivity index (χ1n) is 6.44. The molecule has 1 aromatic carbocycles. The second-order valence-electron chi connectivity index (χ2n) is 4.83. The Kier molecular flexibility index (Phi) is 4.78. The molecule has 1 saturated heterocycles. The fraction of sp³-hybridized carbons (Fsp3) is 0.500. The van der Waals surface area contributed by atoms with E-state index in [9.17, 15) is 4.79 Å². The Bertz CT molecular complexity index is 426. The van der Waals surface area contributed by atoms with Gasteiger partial charge < -0.3 is 10.6 Å². The Labute approximate surface area is 116 Å². The van der Waals surface area contributed by atoms with Crippen molar-refractivity contribution in [2.24, 2.45) is 0 Å². The zero-order valence-electron chi connectivity index (χ0n) is 10.6. The van der Waals surface area contributed by atoms with Gasteiger partial charge >= 0.3 is 0 Å². The Balaban J connectivity index is 2.02. The second-order valence-corrected chi connectivity index (χ2v) is 5.75. The van der Waals surface area contributed by atoms with E-state index in [2.05, 4.69) is 26.6 Å². The van der Waals surface area contributed by atoms with Crippen LogP contribution in [-0.2, 0) is 0 Å². The van der Waals surface area contributed by atoms with E-state index in [4.69, 9.17) is 0 Å². The molecule has 0 radical (unpaired) electrons. The van der Waals surface area contributed by atoms with Crippen LogP contribution in [0.5, 0.6) is 0 Å². The van der Waals surface area contributed by atoms with Crippen LogP contribution in [0.1, 0.15) is 35.2 Å². The maximum atomic E-state index is 12.2. The number of hydrogen-bond acceptors (Lipinski definition) is 2. The number of aryl methyl sites for hydroxylation is 1. The quantitative estimate of drug-likeness (QED) is 0.881. The summed E-state index contributed by atoms with van der Waals surface area (Å²) in [6.45, 7) is 3.90. The van der Waals surface area contributed by atoms with Crippen molar-refractivity contribution < 1.29 is 4.79 Å². The van der Waals surface area contributed by atoms with Gasteiger partial charge in [-0.15, -0.1) is 0 Å². The molecule has 0 aliphatic carbocycles. The zero-order chi connectivity index (χ0) is 13.0. The third-order valence-corrected chi connectivity index (χ3v) is 3.81. The number of rotatable bonds is 2. The van der Waals surface area contributed by atoms with Crippen LogP contribution in [0.25, 0.3) is 0 Å². The first kappa shape index (κ1) is 13.6. The highest BCUT2D eigenvalue weighted by atomic mass is 79.9. The van der Waals surface area contributed by atoms with E-state index in [1.165, 1.54) is 12.8 Å². The number of nitrogens with one attached hydrogen (secondary N) is 2. The molecule has 18 heavy (non-hydrogen) atoms. The summed E-state index contributed by atoms with van der Waals surface area (Å²) in [6.07, 6.45) is 3.44. The van der Waals surface area contributed by atoms with Crippen molar-refractivity contribution in [1.82, 2.24) is 10.6 Å². The normalized spacial score (nSPS) is 20.2. The van der Waals surface area contributed by atoms with E-state index in [1.54, 1.807) is 0 Å². The van der Waals surface area contributed by atoms with Gasteiger partial charge in [-0.25, -0.2) is 0 Å². The number of carbonyl (C=O) groups excluding carboxylic acids is 1. The summed E-state index contributed by atoms with van der Waals surface area (Å²) in [4.78, 5) is 12.2. The standard InChI is InChI=1S/C14H19BrN2O/c1-10-8-11(15)5-6-13(10)14(18)17-12-4-2-3-7-16-9-12/h5-6,8,12,16H,2-4,7,9H2,1H3,(H,17,18). The van der Waals surface area contributed by atoms with Gasteiger partial charge in [-0.1, -0.05) is 22.4 Å². The van der Waals surface area contributed by atoms with E-state index in [-0.39, 0.29) is 11.9 Å². The molecule has 2 rings (SSSR count). The molecule has 2 N–H and O–H groups in total. The highest BCUT2D eigenvalue weighted by molar-refractivity contribution is 9.10. The van der Waals surface area contributed by atoms with Crippen molar-refractivity contribution >= 4 is 21.8 Å². The fourth-order valence-corrected chi connectivity index (χ4v) is 2.76. The average Bonchev–Trinajstić information content (AvgIpc) is 2.57. The fourth-order valence-electron chi connectivity index (χ4n) is 2.29. The lowest BCUT2D eigenvalue weighted by Gasteiger charge is -2.17. The first-order valence-corrected chi connectivity index (χ1v) is 7.24.